The second kappa shape index (κ2) is 6.59. The number of likely N-dealkylation sites (tertiary alicyclic amines) is 1. The van der Waals surface area contributed by atoms with Gasteiger partial charge in [-0.15, -0.1) is 0 Å². The lowest BCUT2D eigenvalue weighted by molar-refractivity contribution is 0.188. The minimum Gasteiger partial charge on any atom is -0.317 e. The Morgan fingerprint density at radius 3 is 3.07 bits per heavy atom. The molecule has 14 heavy (non-hydrogen) atoms. The van der Waals surface area contributed by atoms with E-state index in [4.69, 9.17) is 0 Å². The van der Waals surface area contributed by atoms with Crippen LogP contribution in [-0.2, 0) is 0 Å². The van der Waals surface area contributed by atoms with E-state index >= 15 is 0 Å². The van der Waals surface area contributed by atoms with Gasteiger partial charge in [0, 0.05) is 17.6 Å². The molecule has 1 saturated heterocycles. The Morgan fingerprint density at radius 2 is 2.43 bits per heavy atom. The van der Waals surface area contributed by atoms with Gasteiger partial charge in [-0.2, -0.15) is 0 Å². The lowest BCUT2D eigenvalue weighted by atomic mass is 9.98. The van der Waals surface area contributed by atoms with Crippen LogP contribution in [0.5, 0.6) is 0 Å². The molecule has 1 heterocycles. The minimum absolute atomic E-state index is 0.829. The van der Waals surface area contributed by atoms with Crippen LogP contribution in [0.3, 0.4) is 0 Å². The van der Waals surface area contributed by atoms with E-state index in [9.17, 15) is 0 Å². The van der Waals surface area contributed by atoms with Crippen LogP contribution in [0.25, 0.3) is 0 Å². The number of hydrogen-bond donors (Lipinski definition) is 1. The molecule has 0 saturated carbocycles. The Labute approximate surface area is 95.9 Å². The van der Waals surface area contributed by atoms with Crippen molar-refractivity contribution in [2.75, 3.05) is 32.7 Å². The molecule has 2 nitrogen and oxygen atoms in total. The summed E-state index contributed by atoms with van der Waals surface area (Å²) >= 11 is 3.43. The highest BCUT2D eigenvalue weighted by Crippen LogP contribution is 2.17. The molecule has 3 heteroatoms. The number of nitrogens with zero attached hydrogens (tertiary/aromatic N) is 1. The fraction of sp³-hybridized carbons (Fsp3) is 0.818. The first-order valence-electron chi connectivity index (χ1n) is 5.48. The summed E-state index contributed by atoms with van der Waals surface area (Å²) in [5.74, 6) is 0.829. The van der Waals surface area contributed by atoms with Gasteiger partial charge in [0.05, 0.1) is 0 Å². The van der Waals surface area contributed by atoms with Crippen molar-refractivity contribution in [2.24, 2.45) is 5.92 Å². The molecule has 0 radical (unpaired) electrons. The lowest BCUT2D eigenvalue weighted by Crippen LogP contribution is -2.40. The zero-order valence-corrected chi connectivity index (χ0v) is 10.6. The maximum Gasteiger partial charge on any atom is 0.0294 e. The highest BCUT2D eigenvalue weighted by Gasteiger charge is 2.19. The van der Waals surface area contributed by atoms with E-state index in [0.717, 1.165) is 23.5 Å². The van der Waals surface area contributed by atoms with Crippen molar-refractivity contribution in [1.82, 2.24) is 10.2 Å². The molecular weight excluding hydrogens is 240 g/mol. The lowest BCUT2D eigenvalue weighted by Gasteiger charge is -2.32. The van der Waals surface area contributed by atoms with Gasteiger partial charge in [-0.1, -0.05) is 29.4 Å². The van der Waals surface area contributed by atoms with Crippen LogP contribution in [0.2, 0.25) is 0 Å². The van der Waals surface area contributed by atoms with Crippen molar-refractivity contribution in [3.8, 4) is 0 Å². The molecule has 1 atom stereocenters. The first kappa shape index (κ1) is 12.2. The van der Waals surface area contributed by atoms with Crippen molar-refractivity contribution >= 4 is 15.9 Å². The van der Waals surface area contributed by atoms with E-state index in [2.05, 4.69) is 39.6 Å². The third-order valence-corrected chi connectivity index (χ3v) is 2.93. The van der Waals surface area contributed by atoms with Crippen molar-refractivity contribution < 1.29 is 0 Å². The first-order chi connectivity index (χ1) is 6.72. The summed E-state index contributed by atoms with van der Waals surface area (Å²) in [6.07, 6.45) is 2.70. The van der Waals surface area contributed by atoms with Gasteiger partial charge >= 0.3 is 0 Å². The van der Waals surface area contributed by atoms with Crippen LogP contribution in [0.1, 0.15) is 19.8 Å². The molecule has 0 aromatic rings. The van der Waals surface area contributed by atoms with Gasteiger partial charge in [0.25, 0.3) is 0 Å². The van der Waals surface area contributed by atoms with Crippen LogP contribution < -0.4 is 5.32 Å². The number of halogens is 1. The van der Waals surface area contributed by atoms with Crippen molar-refractivity contribution in [3.63, 3.8) is 0 Å². The largest absolute Gasteiger partial charge is 0.317 e. The molecule has 1 aliphatic rings. The fourth-order valence-electron chi connectivity index (χ4n) is 2.05. The monoisotopic (exact) mass is 260 g/mol. The van der Waals surface area contributed by atoms with E-state index in [-0.39, 0.29) is 0 Å². The summed E-state index contributed by atoms with van der Waals surface area (Å²) in [6.45, 7) is 11.8. The van der Waals surface area contributed by atoms with Crippen molar-refractivity contribution in [1.29, 1.82) is 0 Å². The SMILES string of the molecule is C=C(Br)CN1CCCC(CNCC)C1. The van der Waals surface area contributed by atoms with Gasteiger partial charge in [-0.3, -0.25) is 4.90 Å². The Hall–Kier alpha value is 0.140. The average molecular weight is 261 g/mol. The Balaban J connectivity index is 2.24. The summed E-state index contributed by atoms with van der Waals surface area (Å²) in [5.41, 5.74) is 0. The minimum atomic E-state index is 0.829. The molecular formula is C11H21BrN2. The van der Waals surface area contributed by atoms with Gasteiger partial charge in [0.2, 0.25) is 0 Å². The predicted molar refractivity (Wildman–Crippen MR) is 65.8 cm³/mol. The highest BCUT2D eigenvalue weighted by molar-refractivity contribution is 9.11. The maximum atomic E-state index is 3.90. The molecule has 0 aliphatic carbocycles. The highest BCUT2D eigenvalue weighted by atomic mass is 79.9. The van der Waals surface area contributed by atoms with Crippen LogP contribution in [-0.4, -0.2) is 37.6 Å². The van der Waals surface area contributed by atoms with Crippen LogP contribution in [0, 0.1) is 5.92 Å². The summed E-state index contributed by atoms with van der Waals surface area (Å²) in [7, 11) is 0. The molecule has 0 spiro atoms. The fourth-order valence-corrected chi connectivity index (χ4v) is 2.41. The second-order valence-corrected chi connectivity index (χ2v) is 5.19. The zero-order valence-electron chi connectivity index (χ0n) is 9.06. The van der Waals surface area contributed by atoms with E-state index in [1.807, 2.05) is 0 Å². The van der Waals surface area contributed by atoms with Crippen LogP contribution >= 0.6 is 15.9 Å². The van der Waals surface area contributed by atoms with Crippen molar-refractivity contribution in [3.05, 3.63) is 11.1 Å². The number of rotatable bonds is 5. The van der Waals surface area contributed by atoms with Gasteiger partial charge in [-0.25, -0.2) is 0 Å². The summed E-state index contributed by atoms with van der Waals surface area (Å²) in [4.78, 5) is 2.49. The molecule has 0 aromatic carbocycles. The smallest absolute Gasteiger partial charge is 0.0294 e. The predicted octanol–water partition coefficient (Wildman–Crippen LogP) is 2.22. The average Bonchev–Trinajstić information content (AvgIpc) is 2.14. The molecule has 1 unspecified atom stereocenters. The van der Waals surface area contributed by atoms with Crippen LogP contribution in [0.4, 0.5) is 0 Å². The Bertz CT molecular complexity index is 182. The standard InChI is InChI=1S/C11H21BrN2/c1-3-13-7-11-5-4-6-14(9-11)8-10(2)12/h11,13H,2-9H2,1H3. The second-order valence-electron chi connectivity index (χ2n) is 4.07. The third-order valence-electron chi connectivity index (χ3n) is 2.68. The number of piperidine rings is 1. The van der Waals surface area contributed by atoms with E-state index in [0.29, 0.717) is 0 Å². The molecule has 82 valence electrons. The Kier molecular flexibility index (Phi) is 5.75. The molecule has 1 N–H and O–H groups in total. The number of nitrogens with one attached hydrogen (secondary N) is 1. The zero-order chi connectivity index (χ0) is 10.4. The summed E-state index contributed by atoms with van der Waals surface area (Å²) in [5, 5.41) is 3.43. The number of hydrogen-bond acceptors (Lipinski definition) is 2. The molecule has 0 aromatic heterocycles. The summed E-state index contributed by atoms with van der Waals surface area (Å²) in [6, 6.07) is 0. The molecule has 0 bridgehead atoms. The Morgan fingerprint density at radius 1 is 1.64 bits per heavy atom. The van der Waals surface area contributed by atoms with E-state index < -0.39 is 0 Å². The van der Waals surface area contributed by atoms with Crippen molar-refractivity contribution in [2.45, 2.75) is 19.8 Å². The molecule has 1 fully saturated rings. The van der Waals surface area contributed by atoms with E-state index in [1.54, 1.807) is 0 Å². The summed E-state index contributed by atoms with van der Waals surface area (Å²) < 4.78 is 1.10. The van der Waals surface area contributed by atoms with Gasteiger partial charge in [0.1, 0.15) is 0 Å². The topological polar surface area (TPSA) is 15.3 Å². The maximum absolute atomic E-state index is 3.90. The van der Waals surface area contributed by atoms with Gasteiger partial charge in [-0.05, 0) is 38.4 Å². The van der Waals surface area contributed by atoms with E-state index in [1.165, 1.54) is 32.5 Å². The molecule has 0 amide bonds. The van der Waals surface area contributed by atoms with Gasteiger partial charge in [0.15, 0.2) is 0 Å². The van der Waals surface area contributed by atoms with Crippen LogP contribution in [0.15, 0.2) is 11.1 Å². The third kappa shape index (κ3) is 4.58. The molecule has 1 aliphatic heterocycles. The molecule has 1 rings (SSSR count). The normalized spacial score (nSPS) is 23.7. The van der Waals surface area contributed by atoms with Gasteiger partial charge < -0.3 is 5.32 Å². The first-order valence-corrected chi connectivity index (χ1v) is 6.28. The quantitative estimate of drug-likeness (QED) is 0.816.